The minimum atomic E-state index is -1.27. The van der Waals surface area contributed by atoms with E-state index in [0.717, 1.165) is 6.07 Å². The molecule has 94 valence electrons. The molecule has 0 unspecified atom stereocenters. The van der Waals surface area contributed by atoms with Crippen LogP contribution in [-0.4, -0.2) is 20.9 Å². The minimum Gasteiger partial charge on any atom is -0.478 e. The molecule has 18 heavy (non-hydrogen) atoms. The lowest BCUT2D eigenvalue weighted by atomic mass is 10.00. The van der Waals surface area contributed by atoms with Crippen molar-refractivity contribution in [2.45, 2.75) is 20.4 Å². The first kappa shape index (κ1) is 12.3. The van der Waals surface area contributed by atoms with Gasteiger partial charge in [0.05, 0.1) is 5.69 Å². The summed E-state index contributed by atoms with van der Waals surface area (Å²) >= 11 is 0. The van der Waals surface area contributed by atoms with Crippen LogP contribution in [0.4, 0.5) is 4.39 Å². The second kappa shape index (κ2) is 4.60. The molecule has 1 heterocycles. The molecule has 0 fully saturated rings. The van der Waals surface area contributed by atoms with Crippen LogP contribution in [0.15, 0.2) is 24.4 Å². The molecule has 2 rings (SSSR count). The average molecular weight is 248 g/mol. The Kier molecular flexibility index (Phi) is 3.14. The number of aromatic carboxylic acids is 1. The van der Waals surface area contributed by atoms with Gasteiger partial charge in [0.25, 0.3) is 0 Å². The number of aromatic nitrogens is 2. The van der Waals surface area contributed by atoms with Gasteiger partial charge in [-0.1, -0.05) is 12.1 Å². The van der Waals surface area contributed by atoms with Crippen LogP contribution in [0.3, 0.4) is 0 Å². The maximum Gasteiger partial charge on any atom is 0.339 e. The molecule has 0 bridgehead atoms. The normalized spacial score (nSPS) is 10.6. The first-order valence-corrected chi connectivity index (χ1v) is 5.60. The van der Waals surface area contributed by atoms with Gasteiger partial charge in [0.1, 0.15) is 11.4 Å². The number of benzene rings is 1. The van der Waals surface area contributed by atoms with E-state index in [1.807, 2.05) is 6.92 Å². The standard InChI is InChI=1S/C13H13FN2O2/c1-3-16-7-10(8(2)15-16)9-5-4-6-11(14)12(9)13(17)18/h4-7H,3H2,1-2H3,(H,17,18). The van der Waals surface area contributed by atoms with Gasteiger partial charge >= 0.3 is 5.97 Å². The number of hydrogen-bond acceptors (Lipinski definition) is 2. The molecule has 1 aromatic heterocycles. The third-order valence-corrected chi connectivity index (χ3v) is 2.79. The predicted molar refractivity (Wildman–Crippen MR) is 65.0 cm³/mol. The number of nitrogens with zero attached hydrogens (tertiary/aromatic N) is 2. The summed E-state index contributed by atoms with van der Waals surface area (Å²) in [6, 6.07) is 4.24. The Bertz CT molecular complexity index is 605. The maximum absolute atomic E-state index is 13.6. The van der Waals surface area contributed by atoms with Crippen molar-refractivity contribution >= 4 is 5.97 Å². The fourth-order valence-corrected chi connectivity index (χ4v) is 1.91. The van der Waals surface area contributed by atoms with Gasteiger partial charge in [-0.2, -0.15) is 5.10 Å². The highest BCUT2D eigenvalue weighted by atomic mass is 19.1. The zero-order valence-electron chi connectivity index (χ0n) is 10.1. The molecule has 0 aliphatic rings. The van der Waals surface area contributed by atoms with Gasteiger partial charge in [0.2, 0.25) is 0 Å². The summed E-state index contributed by atoms with van der Waals surface area (Å²) < 4.78 is 15.3. The summed E-state index contributed by atoms with van der Waals surface area (Å²) in [5, 5.41) is 13.3. The van der Waals surface area contributed by atoms with E-state index in [-0.39, 0.29) is 5.56 Å². The van der Waals surface area contributed by atoms with Crippen molar-refractivity contribution in [3.8, 4) is 11.1 Å². The predicted octanol–water partition coefficient (Wildman–Crippen LogP) is 2.72. The molecule has 0 atom stereocenters. The molecule has 0 saturated heterocycles. The van der Waals surface area contributed by atoms with Crippen LogP contribution < -0.4 is 0 Å². The molecule has 0 spiro atoms. The van der Waals surface area contributed by atoms with Crippen LogP contribution in [0.25, 0.3) is 11.1 Å². The highest BCUT2D eigenvalue weighted by Gasteiger charge is 2.19. The largest absolute Gasteiger partial charge is 0.478 e. The van der Waals surface area contributed by atoms with Gasteiger partial charge in [0.15, 0.2) is 0 Å². The van der Waals surface area contributed by atoms with Gasteiger partial charge in [0, 0.05) is 23.9 Å². The van der Waals surface area contributed by atoms with Gasteiger partial charge in [-0.15, -0.1) is 0 Å². The Hall–Kier alpha value is -2.17. The fourth-order valence-electron chi connectivity index (χ4n) is 1.91. The van der Waals surface area contributed by atoms with E-state index in [1.165, 1.54) is 6.07 Å². The van der Waals surface area contributed by atoms with E-state index in [9.17, 15) is 9.18 Å². The van der Waals surface area contributed by atoms with Gasteiger partial charge in [-0.05, 0) is 19.9 Å². The summed E-state index contributed by atoms with van der Waals surface area (Å²) in [6.45, 7) is 4.39. The Labute approximate surface area is 104 Å². The van der Waals surface area contributed by atoms with Crippen molar-refractivity contribution in [2.75, 3.05) is 0 Å². The molecule has 1 aromatic carbocycles. The highest BCUT2D eigenvalue weighted by Crippen LogP contribution is 2.28. The van der Waals surface area contributed by atoms with Gasteiger partial charge < -0.3 is 5.11 Å². The number of carbonyl (C=O) groups is 1. The van der Waals surface area contributed by atoms with Gasteiger partial charge in [-0.3, -0.25) is 4.68 Å². The fraction of sp³-hybridized carbons (Fsp3) is 0.231. The van der Waals surface area contributed by atoms with Gasteiger partial charge in [-0.25, -0.2) is 9.18 Å². The zero-order chi connectivity index (χ0) is 13.3. The third kappa shape index (κ3) is 1.99. The molecule has 1 N–H and O–H groups in total. The Morgan fingerprint density at radius 3 is 2.72 bits per heavy atom. The summed E-state index contributed by atoms with van der Waals surface area (Å²) in [5.74, 6) is -2.00. The minimum absolute atomic E-state index is 0.309. The van der Waals surface area contributed by atoms with Crippen molar-refractivity contribution in [3.05, 3.63) is 41.5 Å². The topological polar surface area (TPSA) is 55.1 Å². The molecule has 4 nitrogen and oxygen atoms in total. The lowest BCUT2D eigenvalue weighted by molar-refractivity contribution is 0.0693. The third-order valence-electron chi connectivity index (χ3n) is 2.79. The van der Waals surface area contributed by atoms with Crippen molar-refractivity contribution in [1.82, 2.24) is 9.78 Å². The van der Waals surface area contributed by atoms with Crippen LogP contribution >= 0.6 is 0 Å². The van der Waals surface area contributed by atoms with E-state index < -0.39 is 11.8 Å². The lowest BCUT2D eigenvalue weighted by Crippen LogP contribution is -2.03. The molecule has 0 aliphatic heterocycles. The highest BCUT2D eigenvalue weighted by molar-refractivity contribution is 5.96. The first-order valence-electron chi connectivity index (χ1n) is 5.60. The molecule has 5 heteroatoms. The van der Waals surface area contributed by atoms with Crippen LogP contribution in [0.2, 0.25) is 0 Å². The van der Waals surface area contributed by atoms with E-state index in [2.05, 4.69) is 5.10 Å². The molecule has 2 aromatic rings. The summed E-state index contributed by atoms with van der Waals surface area (Å²) in [7, 11) is 0. The first-order chi connectivity index (χ1) is 8.54. The average Bonchev–Trinajstić information content (AvgIpc) is 2.69. The number of aryl methyl sites for hydroxylation is 2. The number of rotatable bonds is 3. The second-order valence-electron chi connectivity index (χ2n) is 3.95. The monoisotopic (exact) mass is 248 g/mol. The van der Waals surface area contributed by atoms with Crippen LogP contribution in [-0.2, 0) is 6.54 Å². The molecule has 0 saturated carbocycles. The van der Waals surface area contributed by atoms with Crippen molar-refractivity contribution in [3.63, 3.8) is 0 Å². The number of carboxylic acids is 1. The van der Waals surface area contributed by atoms with E-state index in [0.29, 0.717) is 23.4 Å². The zero-order valence-corrected chi connectivity index (χ0v) is 10.1. The molecule has 0 amide bonds. The lowest BCUT2D eigenvalue weighted by Gasteiger charge is -2.05. The van der Waals surface area contributed by atoms with Crippen molar-refractivity contribution in [1.29, 1.82) is 0 Å². The molecule has 0 aliphatic carbocycles. The Morgan fingerprint density at radius 1 is 1.44 bits per heavy atom. The van der Waals surface area contributed by atoms with Crippen molar-refractivity contribution < 1.29 is 14.3 Å². The smallest absolute Gasteiger partial charge is 0.339 e. The summed E-state index contributed by atoms with van der Waals surface area (Å²) in [4.78, 5) is 11.1. The summed E-state index contributed by atoms with van der Waals surface area (Å²) in [5.41, 5.74) is 1.38. The Morgan fingerprint density at radius 2 is 2.17 bits per heavy atom. The van der Waals surface area contributed by atoms with E-state index in [1.54, 1.807) is 23.9 Å². The number of carboxylic acid groups (broad SMARTS) is 1. The number of halogens is 1. The second-order valence-corrected chi connectivity index (χ2v) is 3.95. The van der Waals surface area contributed by atoms with Crippen LogP contribution in [0.1, 0.15) is 23.0 Å². The molecule has 0 radical (unpaired) electrons. The SMILES string of the molecule is CCn1cc(-c2cccc(F)c2C(=O)O)c(C)n1. The van der Waals surface area contributed by atoms with Crippen LogP contribution in [0, 0.1) is 12.7 Å². The maximum atomic E-state index is 13.6. The summed E-state index contributed by atoms with van der Waals surface area (Å²) in [6.07, 6.45) is 1.73. The quantitative estimate of drug-likeness (QED) is 0.908. The van der Waals surface area contributed by atoms with E-state index >= 15 is 0 Å². The van der Waals surface area contributed by atoms with Crippen molar-refractivity contribution in [2.24, 2.45) is 0 Å². The van der Waals surface area contributed by atoms with Crippen LogP contribution in [0.5, 0.6) is 0 Å². The molecular formula is C13H13FN2O2. The Balaban J connectivity index is 2.67. The van der Waals surface area contributed by atoms with E-state index in [4.69, 9.17) is 5.11 Å². The molecular weight excluding hydrogens is 235 g/mol. The number of hydrogen-bond donors (Lipinski definition) is 1.